The Kier molecular flexibility index (Phi) is 5.80. The number of anilines is 2. The largest absolute Gasteiger partial charge is 0.497 e. The van der Waals surface area contributed by atoms with Gasteiger partial charge in [-0.25, -0.2) is 0 Å². The molecule has 2 aromatic carbocycles. The van der Waals surface area contributed by atoms with Gasteiger partial charge >= 0.3 is 0 Å². The van der Waals surface area contributed by atoms with Crippen molar-refractivity contribution in [3.05, 3.63) is 64.6 Å². The number of rotatable bonds is 7. The summed E-state index contributed by atoms with van der Waals surface area (Å²) in [4.78, 5) is 14.5. The molecular weight excluding hydrogens is 348 g/mol. The van der Waals surface area contributed by atoms with Crippen LogP contribution in [0.25, 0.3) is 0 Å². The van der Waals surface area contributed by atoms with Crippen molar-refractivity contribution < 1.29 is 9.53 Å². The highest BCUT2D eigenvalue weighted by molar-refractivity contribution is 7.13. The first-order valence-corrected chi connectivity index (χ1v) is 9.09. The number of nitrogens with zero attached hydrogens (tertiary/aromatic N) is 3. The molecule has 26 heavy (non-hydrogen) atoms. The fraction of sp³-hybridized carbons (Fsp3) is 0.211. The third-order valence-electron chi connectivity index (χ3n) is 3.84. The highest BCUT2D eigenvalue weighted by atomic mass is 32.1. The number of ether oxygens (including phenoxy) is 1. The third-order valence-corrected chi connectivity index (χ3v) is 4.74. The van der Waals surface area contributed by atoms with Crippen LogP contribution in [0.2, 0.25) is 0 Å². The quantitative estimate of drug-likeness (QED) is 0.686. The smallest absolute Gasteiger partial charge is 0.286 e. The number of benzene rings is 2. The lowest BCUT2D eigenvalue weighted by atomic mass is 10.3. The van der Waals surface area contributed by atoms with Crippen molar-refractivity contribution in [1.29, 1.82) is 0 Å². The SMILES string of the molecule is CCN(Cc1nnc(C(=O)Nc2ccc(OC)cc2)s1)c1ccccc1. The lowest BCUT2D eigenvalue weighted by molar-refractivity contribution is 0.102. The molecule has 3 aromatic rings. The molecule has 0 saturated carbocycles. The molecule has 0 radical (unpaired) electrons. The molecule has 0 saturated heterocycles. The van der Waals surface area contributed by atoms with Crippen molar-refractivity contribution in [1.82, 2.24) is 10.2 Å². The Morgan fingerprint density at radius 2 is 1.85 bits per heavy atom. The first-order chi connectivity index (χ1) is 12.7. The number of hydrogen-bond acceptors (Lipinski definition) is 6. The summed E-state index contributed by atoms with van der Waals surface area (Å²) in [5.74, 6) is 0.475. The second-order valence-corrected chi connectivity index (χ2v) is 6.60. The minimum Gasteiger partial charge on any atom is -0.497 e. The van der Waals surface area contributed by atoms with Crippen molar-refractivity contribution in [2.75, 3.05) is 23.9 Å². The molecule has 6 nitrogen and oxygen atoms in total. The number of nitrogens with one attached hydrogen (secondary N) is 1. The highest BCUT2D eigenvalue weighted by Gasteiger charge is 2.15. The number of methoxy groups -OCH3 is 1. The van der Waals surface area contributed by atoms with Crippen LogP contribution in [-0.4, -0.2) is 29.8 Å². The Morgan fingerprint density at radius 3 is 2.50 bits per heavy atom. The summed E-state index contributed by atoms with van der Waals surface area (Å²) in [7, 11) is 1.60. The van der Waals surface area contributed by atoms with Crippen LogP contribution in [0.5, 0.6) is 5.75 Å². The molecule has 0 atom stereocenters. The molecule has 134 valence electrons. The number of aromatic nitrogens is 2. The predicted molar refractivity (Wildman–Crippen MR) is 104 cm³/mol. The van der Waals surface area contributed by atoms with Gasteiger partial charge in [0, 0.05) is 17.9 Å². The lowest BCUT2D eigenvalue weighted by Gasteiger charge is -2.21. The van der Waals surface area contributed by atoms with Crippen molar-refractivity contribution in [2.45, 2.75) is 13.5 Å². The van der Waals surface area contributed by atoms with E-state index in [1.54, 1.807) is 31.4 Å². The minimum absolute atomic E-state index is 0.262. The molecule has 1 aromatic heterocycles. The zero-order valence-electron chi connectivity index (χ0n) is 14.7. The zero-order chi connectivity index (χ0) is 18.4. The summed E-state index contributed by atoms with van der Waals surface area (Å²) in [5, 5.41) is 12.2. The molecule has 0 bridgehead atoms. The van der Waals surface area contributed by atoms with Crippen LogP contribution in [0.1, 0.15) is 21.7 Å². The minimum atomic E-state index is -0.262. The molecule has 1 N–H and O–H groups in total. The van der Waals surface area contributed by atoms with Crippen molar-refractivity contribution in [3.63, 3.8) is 0 Å². The van der Waals surface area contributed by atoms with Gasteiger partial charge in [0.15, 0.2) is 0 Å². The first kappa shape index (κ1) is 17.9. The van der Waals surface area contributed by atoms with E-state index in [0.717, 1.165) is 23.0 Å². The van der Waals surface area contributed by atoms with Gasteiger partial charge in [-0.2, -0.15) is 0 Å². The van der Waals surface area contributed by atoms with Crippen LogP contribution in [0, 0.1) is 0 Å². The van der Waals surface area contributed by atoms with Gasteiger partial charge in [-0.1, -0.05) is 29.5 Å². The van der Waals surface area contributed by atoms with E-state index in [2.05, 4.69) is 39.5 Å². The number of amides is 1. The highest BCUT2D eigenvalue weighted by Crippen LogP contribution is 2.20. The molecule has 0 unspecified atom stereocenters. The summed E-state index contributed by atoms with van der Waals surface area (Å²) in [6.45, 7) is 3.55. The standard InChI is InChI=1S/C19H20N4O2S/c1-3-23(15-7-5-4-6-8-15)13-17-21-22-19(26-17)18(24)20-14-9-11-16(25-2)12-10-14/h4-12H,3,13H2,1-2H3,(H,20,24). The number of carbonyl (C=O) groups is 1. The molecular formula is C19H20N4O2S. The molecule has 0 fully saturated rings. The average molecular weight is 368 g/mol. The Labute approximate surface area is 156 Å². The second-order valence-electron chi connectivity index (χ2n) is 5.53. The van der Waals surface area contributed by atoms with Gasteiger partial charge < -0.3 is 15.0 Å². The summed E-state index contributed by atoms with van der Waals surface area (Å²) in [6, 6.07) is 17.3. The summed E-state index contributed by atoms with van der Waals surface area (Å²) >= 11 is 1.31. The topological polar surface area (TPSA) is 67.4 Å². The maximum atomic E-state index is 12.4. The van der Waals surface area contributed by atoms with Gasteiger partial charge in [0.25, 0.3) is 5.91 Å². The summed E-state index contributed by atoms with van der Waals surface area (Å²) in [6.07, 6.45) is 0. The Morgan fingerprint density at radius 1 is 1.12 bits per heavy atom. The normalized spacial score (nSPS) is 10.4. The predicted octanol–water partition coefficient (Wildman–Crippen LogP) is 3.83. The first-order valence-electron chi connectivity index (χ1n) is 8.27. The van der Waals surface area contributed by atoms with E-state index in [0.29, 0.717) is 17.2 Å². The second kappa shape index (κ2) is 8.44. The van der Waals surface area contributed by atoms with Gasteiger partial charge in [0.05, 0.1) is 13.7 Å². The van der Waals surface area contributed by atoms with E-state index in [1.165, 1.54) is 11.3 Å². The number of para-hydroxylation sites is 1. The molecule has 0 spiro atoms. The summed E-state index contributed by atoms with van der Waals surface area (Å²) in [5.41, 5.74) is 1.81. The Hall–Kier alpha value is -2.93. The van der Waals surface area contributed by atoms with Crippen LogP contribution in [0.15, 0.2) is 54.6 Å². The number of carbonyl (C=O) groups excluding carboxylic acids is 1. The monoisotopic (exact) mass is 368 g/mol. The molecule has 0 aliphatic heterocycles. The van der Waals surface area contributed by atoms with E-state index in [1.807, 2.05) is 18.2 Å². The molecule has 3 rings (SSSR count). The van der Waals surface area contributed by atoms with E-state index < -0.39 is 0 Å². The lowest BCUT2D eigenvalue weighted by Crippen LogP contribution is -2.21. The zero-order valence-corrected chi connectivity index (χ0v) is 15.5. The van der Waals surface area contributed by atoms with E-state index in [9.17, 15) is 4.79 Å². The van der Waals surface area contributed by atoms with E-state index in [-0.39, 0.29) is 5.91 Å². The van der Waals surface area contributed by atoms with Crippen molar-refractivity contribution >= 4 is 28.6 Å². The Bertz CT molecular complexity index is 849. The van der Waals surface area contributed by atoms with Gasteiger partial charge in [-0.05, 0) is 43.3 Å². The number of hydrogen-bond donors (Lipinski definition) is 1. The van der Waals surface area contributed by atoms with Gasteiger partial charge in [-0.3, -0.25) is 4.79 Å². The molecule has 1 amide bonds. The van der Waals surface area contributed by atoms with E-state index in [4.69, 9.17) is 4.74 Å². The third kappa shape index (κ3) is 4.37. The van der Waals surface area contributed by atoms with Crippen LogP contribution >= 0.6 is 11.3 Å². The van der Waals surface area contributed by atoms with Crippen LogP contribution in [0.4, 0.5) is 11.4 Å². The average Bonchev–Trinajstić information content (AvgIpc) is 3.16. The molecule has 0 aliphatic carbocycles. The molecule has 1 heterocycles. The Balaban J connectivity index is 1.65. The fourth-order valence-electron chi connectivity index (χ4n) is 2.46. The van der Waals surface area contributed by atoms with Gasteiger partial charge in [0.2, 0.25) is 5.01 Å². The maximum Gasteiger partial charge on any atom is 0.286 e. The van der Waals surface area contributed by atoms with E-state index >= 15 is 0 Å². The maximum absolute atomic E-state index is 12.4. The van der Waals surface area contributed by atoms with Crippen LogP contribution in [-0.2, 0) is 6.54 Å². The van der Waals surface area contributed by atoms with Gasteiger partial charge in [0.1, 0.15) is 10.8 Å². The summed E-state index contributed by atoms with van der Waals surface area (Å²) < 4.78 is 5.11. The van der Waals surface area contributed by atoms with Crippen molar-refractivity contribution in [3.8, 4) is 5.75 Å². The molecule has 0 aliphatic rings. The van der Waals surface area contributed by atoms with Gasteiger partial charge in [-0.15, -0.1) is 10.2 Å². The van der Waals surface area contributed by atoms with Crippen LogP contribution in [0.3, 0.4) is 0 Å². The molecule has 7 heteroatoms. The fourth-order valence-corrected chi connectivity index (χ4v) is 3.21. The van der Waals surface area contributed by atoms with Crippen LogP contribution < -0.4 is 15.0 Å². The van der Waals surface area contributed by atoms with Crippen molar-refractivity contribution in [2.24, 2.45) is 0 Å².